The quantitative estimate of drug-likeness (QED) is 0.442. The van der Waals surface area contributed by atoms with E-state index in [1.54, 1.807) is 24.3 Å². The minimum Gasteiger partial charge on any atom is -0.453 e. The highest BCUT2D eigenvalue weighted by Crippen LogP contribution is 2.44. The zero-order valence-corrected chi connectivity index (χ0v) is 18.6. The molecule has 0 radical (unpaired) electrons. The topological polar surface area (TPSA) is 91.4 Å². The zero-order chi connectivity index (χ0) is 24.3. The van der Waals surface area contributed by atoms with Crippen molar-refractivity contribution in [2.75, 3.05) is 0 Å². The van der Waals surface area contributed by atoms with Crippen LogP contribution in [0.3, 0.4) is 0 Å². The molecule has 1 amide bonds. The van der Waals surface area contributed by atoms with Gasteiger partial charge in [0.1, 0.15) is 11.9 Å². The standard InChI is InChI=1S/C28H21FN2O4/c29-22-10-7-16-8-11-23(32)31-14-18(24(22)25(16)31)13-21(27(30)33)26-19-9-6-17(12-20(19)28(34)35-26)15-4-2-1-3-5-15/h1-12,18,21,26H,13-14H2,(H2,30,33)/t18-,21?,26?/m0/s1. The first kappa shape index (κ1) is 21.3. The molecular formula is C28H21FN2O4. The van der Waals surface area contributed by atoms with Gasteiger partial charge in [0.05, 0.1) is 17.0 Å². The van der Waals surface area contributed by atoms with Crippen molar-refractivity contribution in [2.45, 2.75) is 25.0 Å². The average Bonchev–Trinajstić information content (AvgIpc) is 3.41. The van der Waals surface area contributed by atoms with E-state index >= 15 is 0 Å². The number of nitrogens with zero attached hydrogens (tertiary/aromatic N) is 1. The summed E-state index contributed by atoms with van der Waals surface area (Å²) in [5, 5.41) is 0.755. The molecule has 0 spiro atoms. The molecule has 0 saturated heterocycles. The Balaban J connectivity index is 1.37. The van der Waals surface area contributed by atoms with Crippen molar-refractivity contribution < 1.29 is 18.7 Å². The fraction of sp³-hybridized carbons (Fsp3) is 0.179. The highest BCUT2D eigenvalue weighted by molar-refractivity contribution is 5.96. The summed E-state index contributed by atoms with van der Waals surface area (Å²) in [6.45, 7) is 0.233. The third-order valence-electron chi connectivity index (χ3n) is 7.14. The fourth-order valence-electron chi connectivity index (χ4n) is 5.50. The molecule has 0 bridgehead atoms. The van der Waals surface area contributed by atoms with E-state index < -0.39 is 35.6 Å². The molecule has 2 unspecified atom stereocenters. The number of ether oxygens (including phenoxy) is 1. The molecule has 2 aliphatic rings. The van der Waals surface area contributed by atoms with E-state index in [2.05, 4.69) is 0 Å². The third kappa shape index (κ3) is 3.34. The summed E-state index contributed by atoms with van der Waals surface area (Å²) in [6, 6.07) is 21.2. The number of benzene rings is 3. The summed E-state index contributed by atoms with van der Waals surface area (Å²) in [5.74, 6) is -2.93. The maximum atomic E-state index is 15.0. The van der Waals surface area contributed by atoms with E-state index in [0.717, 1.165) is 16.5 Å². The second-order valence-electron chi connectivity index (χ2n) is 9.12. The van der Waals surface area contributed by atoms with Gasteiger partial charge in [-0.1, -0.05) is 42.5 Å². The molecule has 174 valence electrons. The molecule has 35 heavy (non-hydrogen) atoms. The molecule has 2 aliphatic heterocycles. The minimum absolute atomic E-state index is 0.143. The number of carbonyl (C=O) groups is 2. The molecule has 3 heterocycles. The molecule has 0 aliphatic carbocycles. The van der Waals surface area contributed by atoms with Crippen LogP contribution in [0.25, 0.3) is 22.0 Å². The number of carbonyl (C=O) groups excluding carboxylic acids is 2. The van der Waals surface area contributed by atoms with Crippen molar-refractivity contribution in [1.82, 2.24) is 4.57 Å². The van der Waals surface area contributed by atoms with E-state index in [9.17, 15) is 18.8 Å². The highest BCUT2D eigenvalue weighted by atomic mass is 19.1. The van der Waals surface area contributed by atoms with Crippen LogP contribution in [0.2, 0.25) is 0 Å². The van der Waals surface area contributed by atoms with Gasteiger partial charge < -0.3 is 15.0 Å². The number of hydrogen-bond acceptors (Lipinski definition) is 4. The van der Waals surface area contributed by atoms with Crippen LogP contribution in [0.4, 0.5) is 4.39 Å². The molecule has 6 rings (SSSR count). The van der Waals surface area contributed by atoms with Gasteiger partial charge in [-0.3, -0.25) is 9.59 Å². The number of amides is 1. The van der Waals surface area contributed by atoms with Gasteiger partial charge in [0.2, 0.25) is 5.91 Å². The number of hydrogen-bond donors (Lipinski definition) is 1. The Morgan fingerprint density at radius 1 is 1.03 bits per heavy atom. The number of pyridine rings is 1. The summed E-state index contributed by atoms with van der Waals surface area (Å²) in [6.07, 6.45) is -0.730. The lowest BCUT2D eigenvalue weighted by molar-refractivity contribution is -0.125. The van der Waals surface area contributed by atoms with Crippen molar-refractivity contribution in [3.05, 3.63) is 106 Å². The summed E-state index contributed by atoms with van der Waals surface area (Å²) < 4.78 is 22.2. The zero-order valence-electron chi connectivity index (χ0n) is 18.6. The molecule has 7 heteroatoms. The van der Waals surface area contributed by atoms with Gasteiger partial charge in [-0.2, -0.15) is 0 Å². The molecule has 6 nitrogen and oxygen atoms in total. The van der Waals surface area contributed by atoms with E-state index in [1.807, 2.05) is 36.4 Å². The second kappa shape index (κ2) is 7.91. The van der Waals surface area contributed by atoms with Gasteiger partial charge in [0, 0.05) is 29.7 Å². The number of rotatable bonds is 5. The average molecular weight is 468 g/mol. The normalized spacial score (nSPS) is 18.9. The predicted octanol–water partition coefficient (Wildman–Crippen LogP) is 4.31. The maximum absolute atomic E-state index is 15.0. The largest absolute Gasteiger partial charge is 0.453 e. The molecule has 1 aromatic heterocycles. The number of nitrogens with two attached hydrogens (primary N) is 1. The van der Waals surface area contributed by atoms with Crippen molar-refractivity contribution in [2.24, 2.45) is 11.7 Å². The lowest BCUT2D eigenvalue weighted by Gasteiger charge is -2.24. The first-order valence-electron chi connectivity index (χ1n) is 11.4. The van der Waals surface area contributed by atoms with E-state index in [0.29, 0.717) is 22.2 Å². The number of fused-ring (bicyclic) bond motifs is 1. The first-order valence-corrected chi connectivity index (χ1v) is 11.4. The molecule has 3 aromatic carbocycles. The Labute approximate surface area is 199 Å². The van der Waals surface area contributed by atoms with Crippen LogP contribution in [-0.2, 0) is 16.1 Å². The SMILES string of the molecule is NC(=O)C(C[C@H]1Cn2c(=O)ccc3ccc(F)c1c32)C1OC(=O)c2cc(-c3ccccc3)ccc21. The van der Waals surface area contributed by atoms with E-state index in [-0.39, 0.29) is 18.5 Å². The Bertz CT molecular complexity index is 1580. The van der Waals surface area contributed by atoms with Gasteiger partial charge in [-0.15, -0.1) is 0 Å². The van der Waals surface area contributed by atoms with Gasteiger partial charge >= 0.3 is 5.97 Å². The van der Waals surface area contributed by atoms with Crippen LogP contribution in [0.15, 0.2) is 77.6 Å². The van der Waals surface area contributed by atoms with Crippen molar-refractivity contribution in [3.8, 4) is 11.1 Å². The maximum Gasteiger partial charge on any atom is 0.339 e. The van der Waals surface area contributed by atoms with Crippen molar-refractivity contribution in [3.63, 3.8) is 0 Å². The van der Waals surface area contributed by atoms with Crippen LogP contribution in [-0.4, -0.2) is 16.4 Å². The van der Waals surface area contributed by atoms with E-state index in [4.69, 9.17) is 10.5 Å². The molecule has 3 atom stereocenters. The Hall–Kier alpha value is -4.26. The molecule has 4 aromatic rings. The van der Waals surface area contributed by atoms with Crippen LogP contribution < -0.4 is 11.3 Å². The summed E-state index contributed by atoms with van der Waals surface area (Å²) in [7, 11) is 0. The number of cyclic esters (lactones) is 1. The number of esters is 1. The Morgan fingerprint density at radius 3 is 2.57 bits per heavy atom. The Kier molecular flexibility index (Phi) is 4.81. The monoisotopic (exact) mass is 468 g/mol. The van der Waals surface area contributed by atoms with Gasteiger partial charge in [0.15, 0.2) is 0 Å². The minimum atomic E-state index is -0.882. The van der Waals surface area contributed by atoms with Crippen LogP contribution in [0, 0.1) is 11.7 Å². The summed E-state index contributed by atoms with van der Waals surface area (Å²) >= 11 is 0. The smallest absolute Gasteiger partial charge is 0.339 e. The molecule has 0 fully saturated rings. The third-order valence-corrected chi connectivity index (χ3v) is 7.14. The number of aromatic nitrogens is 1. The lowest BCUT2D eigenvalue weighted by atomic mass is 9.83. The molecule has 2 N–H and O–H groups in total. The van der Waals surface area contributed by atoms with Crippen molar-refractivity contribution in [1.29, 1.82) is 0 Å². The molecular weight excluding hydrogens is 447 g/mol. The Morgan fingerprint density at radius 2 is 1.80 bits per heavy atom. The highest BCUT2D eigenvalue weighted by Gasteiger charge is 2.42. The summed E-state index contributed by atoms with van der Waals surface area (Å²) in [4.78, 5) is 37.9. The lowest BCUT2D eigenvalue weighted by Crippen LogP contribution is -2.31. The van der Waals surface area contributed by atoms with Crippen molar-refractivity contribution >= 4 is 22.8 Å². The number of primary amides is 1. The first-order chi connectivity index (χ1) is 16.9. The molecule has 0 saturated carbocycles. The van der Waals surface area contributed by atoms with Crippen LogP contribution in [0.1, 0.15) is 39.9 Å². The number of halogens is 1. The van der Waals surface area contributed by atoms with Crippen LogP contribution >= 0.6 is 0 Å². The van der Waals surface area contributed by atoms with Crippen LogP contribution in [0.5, 0.6) is 0 Å². The fourth-order valence-corrected chi connectivity index (χ4v) is 5.50. The second-order valence-corrected chi connectivity index (χ2v) is 9.12. The predicted molar refractivity (Wildman–Crippen MR) is 128 cm³/mol. The van der Waals surface area contributed by atoms with Gasteiger partial charge in [-0.25, -0.2) is 9.18 Å². The summed E-state index contributed by atoms with van der Waals surface area (Å²) in [5.41, 5.74) is 9.30. The van der Waals surface area contributed by atoms with E-state index in [1.165, 1.54) is 16.7 Å². The van der Waals surface area contributed by atoms with Gasteiger partial charge in [-0.05, 0) is 47.2 Å². The van der Waals surface area contributed by atoms with Gasteiger partial charge in [0.25, 0.3) is 5.56 Å².